The lowest BCUT2D eigenvalue weighted by molar-refractivity contribution is -0.136. The van der Waals surface area contributed by atoms with Crippen LogP contribution in [0.4, 0.5) is 0 Å². The molecule has 0 bridgehead atoms. The van der Waals surface area contributed by atoms with Gasteiger partial charge in [0.15, 0.2) is 0 Å². The Bertz CT molecular complexity index is 479. The Morgan fingerprint density at radius 1 is 1.27 bits per heavy atom. The lowest BCUT2D eigenvalue weighted by Gasteiger charge is -2.02. The Hall–Kier alpha value is -1.61. The number of benzene rings is 1. The first kappa shape index (κ1) is 11.5. The second kappa shape index (κ2) is 4.75. The van der Waals surface area contributed by atoms with Gasteiger partial charge in [0, 0.05) is 17.8 Å². The van der Waals surface area contributed by atoms with Crippen molar-refractivity contribution >= 4 is 29.1 Å². The van der Waals surface area contributed by atoms with Crippen molar-refractivity contribution in [3.8, 4) is 0 Å². The molecule has 4 heteroatoms. The number of halogens is 1. The van der Waals surface area contributed by atoms with E-state index in [1.807, 2.05) is 24.3 Å². The summed E-state index contributed by atoms with van der Waals surface area (Å²) in [7, 11) is 0. The van der Waals surface area contributed by atoms with Crippen molar-refractivity contribution in [3.63, 3.8) is 0 Å². The van der Waals surface area contributed by atoms with Gasteiger partial charge < -0.3 is 5.11 Å². The second-order valence-electron chi connectivity index (χ2n) is 3.09. The number of carbonyl (C=O) groups is 1. The zero-order valence-corrected chi connectivity index (χ0v) is 8.70. The number of nitrogens with zero attached hydrogens (tertiary/aromatic N) is 1. The van der Waals surface area contributed by atoms with Crippen LogP contribution in [0.2, 0.25) is 0 Å². The number of hydrogen-bond acceptors (Lipinski definition) is 2. The molecular weight excluding hydrogens is 214 g/mol. The van der Waals surface area contributed by atoms with Crippen molar-refractivity contribution in [1.29, 1.82) is 0 Å². The maximum Gasteiger partial charge on any atom is 0.307 e. The van der Waals surface area contributed by atoms with Crippen LogP contribution in [0.1, 0.15) is 5.56 Å². The first-order chi connectivity index (χ1) is 6.77. The topological polar surface area (TPSA) is 50.2 Å². The molecule has 2 rings (SSSR count). The summed E-state index contributed by atoms with van der Waals surface area (Å²) in [6.07, 6.45) is 3.37. The SMILES string of the molecule is Cl.O=C(O)Cc1cncc2ccccc12. The average molecular weight is 224 g/mol. The molecule has 0 atom stereocenters. The number of carboxylic acid groups (broad SMARTS) is 1. The van der Waals surface area contributed by atoms with Gasteiger partial charge in [0.25, 0.3) is 0 Å². The van der Waals surface area contributed by atoms with Gasteiger partial charge in [-0.3, -0.25) is 9.78 Å². The van der Waals surface area contributed by atoms with Crippen molar-refractivity contribution < 1.29 is 9.90 Å². The van der Waals surface area contributed by atoms with Crippen LogP contribution in [0.15, 0.2) is 36.7 Å². The van der Waals surface area contributed by atoms with Crippen LogP contribution in [0.25, 0.3) is 10.8 Å². The lowest BCUT2D eigenvalue weighted by Crippen LogP contribution is -2.01. The van der Waals surface area contributed by atoms with Gasteiger partial charge in [-0.15, -0.1) is 12.4 Å². The van der Waals surface area contributed by atoms with E-state index in [1.54, 1.807) is 12.4 Å². The monoisotopic (exact) mass is 223 g/mol. The number of aliphatic carboxylic acids is 1. The van der Waals surface area contributed by atoms with Gasteiger partial charge in [0.1, 0.15) is 0 Å². The zero-order chi connectivity index (χ0) is 9.97. The third-order valence-electron chi connectivity index (χ3n) is 2.09. The molecule has 0 amide bonds. The molecule has 3 nitrogen and oxygen atoms in total. The van der Waals surface area contributed by atoms with E-state index < -0.39 is 5.97 Å². The van der Waals surface area contributed by atoms with Crippen molar-refractivity contribution in [1.82, 2.24) is 4.98 Å². The molecular formula is C11H10ClNO2. The van der Waals surface area contributed by atoms with Gasteiger partial charge >= 0.3 is 5.97 Å². The summed E-state index contributed by atoms with van der Waals surface area (Å²) in [6, 6.07) is 7.64. The molecule has 0 radical (unpaired) electrons. The maximum atomic E-state index is 10.6. The highest BCUT2D eigenvalue weighted by molar-refractivity contribution is 5.87. The van der Waals surface area contributed by atoms with Crippen LogP contribution >= 0.6 is 12.4 Å². The Labute approximate surface area is 93.2 Å². The molecule has 78 valence electrons. The third-order valence-corrected chi connectivity index (χ3v) is 2.09. The van der Waals surface area contributed by atoms with Crippen LogP contribution < -0.4 is 0 Å². The molecule has 0 spiro atoms. The quantitative estimate of drug-likeness (QED) is 0.850. The van der Waals surface area contributed by atoms with E-state index in [2.05, 4.69) is 4.98 Å². The van der Waals surface area contributed by atoms with E-state index in [-0.39, 0.29) is 18.8 Å². The predicted molar refractivity (Wildman–Crippen MR) is 60.3 cm³/mol. The van der Waals surface area contributed by atoms with E-state index in [0.717, 1.165) is 16.3 Å². The molecule has 0 fully saturated rings. The minimum atomic E-state index is -0.830. The molecule has 0 aliphatic heterocycles. The van der Waals surface area contributed by atoms with E-state index in [4.69, 9.17) is 5.11 Å². The Balaban J connectivity index is 0.00000112. The number of hydrogen-bond donors (Lipinski definition) is 1. The fourth-order valence-corrected chi connectivity index (χ4v) is 1.48. The van der Waals surface area contributed by atoms with E-state index in [1.165, 1.54) is 0 Å². The van der Waals surface area contributed by atoms with Gasteiger partial charge in [-0.2, -0.15) is 0 Å². The number of aromatic nitrogens is 1. The highest BCUT2D eigenvalue weighted by atomic mass is 35.5. The van der Waals surface area contributed by atoms with E-state index in [0.29, 0.717) is 0 Å². The minimum absolute atomic E-state index is 0. The highest BCUT2D eigenvalue weighted by Gasteiger charge is 2.04. The molecule has 0 saturated carbocycles. The summed E-state index contributed by atoms with van der Waals surface area (Å²) in [4.78, 5) is 14.6. The van der Waals surface area contributed by atoms with E-state index >= 15 is 0 Å². The summed E-state index contributed by atoms with van der Waals surface area (Å²) >= 11 is 0. The third kappa shape index (κ3) is 2.44. The Morgan fingerprint density at radius 2 is 2.00 bits per heavy atom. The normalized spacial score (nSPS) is 9.60. The van der Waals surface area contributed by atoms with Crippen LogP contribution in [-0.4, -0.2) is 16.1 Å². The zero-order valence-electron chi connectivity index (χ0n) is 7.88. The Kier molecular flexibility index (Phi) is 3.63. The van der Waals surface area contributed by atoms with Gasteiger partial charge in [-0.1, -0.05) is 24.3 Å². The Morgan fingerprint density at radius 3 is 2.73 bits per heavy atom. The first-order valence-electron chi connectivity index (χ1n) is 4.31. The number of rotatable bonds is 2. The number of carboxylic acids is 1. The molecule has 1 N–H and O–H groups in total. The summed E-state index contributed by atoms with van der Waals surface area (Å²) in [5.74, 6) is -0.830. The van der Waals surface area contributed by atoms with E-state index in [9.17, 15) is 4.79 Å². The molecule has 1 aromatic carbocycles. The van der Waals surface area contributed by atoms with Gasteiger partial charge in [0.05, 0.1) is 6.42 Å². The van der Waals surface area contributed by atoms with Crippen LogP contribution in [0.3, 0.4) is 0 Å². The standard InChI is InChI=1S/C11H9NO2.ClH/c13-11(14)5-9-7-12-6-8-3-1-2-4-10(8)9;/h1-4,6-7H,5H2,(H,13,14);1H. The van der Waals surface area contributed by atoms with Crippen molar-refractivity contribution in [2.45, 2.75) is 6.42 Å². The molecule has 2 aromatic rings. The molecule has 0 saturated heterocycles. The van der Waals surface area contributed by atoms with Crippen LogP contribution in [0.5, 0.6) is 0 Å². The van der Waals surface area contributed by atoms with Crippen molar-refractivity contribution in [3.05, 3.63) is 42.2 Å². The number of pyridine rings is 1. The van der Waals surface area contributed by atoms with Crippen LogP contribution in [-0.2, 0) is 11.2 Å². The lowest BCUT2D eigenvalue weighted by atomic mass is 10.1. The molecule has 0 unspecified atom stereocenters. The summed E-state index contributed by atoms with van der Waals surface area (Å²) in [5, 5.41) is 10.6. The maximum absolute atomic E-state index is 10.6. The molecule has 15 heavy (non-hydrogen) atoms. The second-order valence-corrected chi connectivity index (χ2v) is 3.09. The molecule has 1 heterocycles. The van der Waals surface area contributed by atoms with Gasteiger partial charge in [-0.05, 0) is 10.9 Å². The fraction of sp³-hybridized carbons (Fsp3) is 0.0909. The number of fused-ring (bicyclic) bond motifs is 1. The first-order valence-corrected chi connectivity index (χ1v) is 4.31. The molecule has 0 aliphatic rings. The highest BCUT2D eigenvalue weighted by Crippen LogP contribution is 2.17. The largest absolute Gasteiger partial charge is 0.481 e. The van der Waals surface area contributed by atoms with Crippen LogP contribution in [0, 0.1) is 0 Å². The van der Waals surface area contributed by atoms with Crippen molar-refractivity contribution in [2.24, 2.45) is 0 Å². The minimum Gasteiger partial charge on any atom is -0.481 e. The average Bonchev–Trinajstić information content (AvgIpc) is 2.18. The van der Waals surface area contributed by atoms with Gasteiger partial charge in [0.2, 0.25) is 0 Å². The van der Waals surface area contributed by atoms with Gasteiger partial charge in [-0.25, -0.2) is 0 Å². The summed E-state index contributed by atoms with van der Waals surface area (Å²) in [5.41, 5.74) is 0.760. The fourth-order valence-electron chi connectivity index (χ4n) is 1.48. The summed E-state index contributed by atoms with van der Waals surface area (Å²) < 4.78 is 0. The van der Waals surface area contributed by atoms with Crippen molar-refractivity contribution in [2.75, 3.05) is 0 Å². The smallest absolute Gasteiger partial charge is 0.307 e. The molecule has 1 aromatic heterocycles. The summed E-state index contributed by atoms with van der Waals surface area (Å²) in [6.45, 7) is 0. The predicted octanol–water partition coefficient (Wildman–Crippen LogP) is 2.28. The molecule has 0 aliphatic carbocycles.